The number of ether oxygens (including phenoxy) is 1. The van der Waals surface area contributed by atoms with Crippen LogP contribution < -0.4 is 10.5 Å². The number of methoxy groups -OCH3 is 1. The summed E-state index contributed by atoms with van der Waals surface area (Å²) in [5.74, 6) is 2.18. The normalized spacial score (nSPS) is 12.4. The molecule has 0 spiro atoms. The monoisotopic (exact) mass is 281 g/mol. The van der Waals surface area contributed by atoms with E-state index < -0.39 is 0 Å². The number of hydrogen-bond donors (Lipinski definition) is 1. The summed E-state index contributed by atoms with van der Waals surface area (Å²) in [7, 11) is 1.53. The molecule has 0 bridgehead atoms. The van der Waals surface area contributed by atoms with E-state index in [0.29, 0.717) is 23.3 Å². The largest absolute Gasteiger partial charge is 0.480 e. The molecule has 0 amide bonds. The van der Waals surface area contributed by atoms with E-state index in [9.17, 15) is 0 Å². The van der Waals surface area contributed by atoms with Crippen LogP contribution >= 0.6 is 11.8 Å². The molecular weight excluding hydrogens is 266 g/mol. The fourth-order valence-electron chi connectivity index (χ4n) is 1.41. The first-order valence-electron chi connectivity index (χ1n) is 5.70. The summed E-state index contributed by atoms with van der Waals surface area (Å²) in [6, 6.07) is 3.15. The third kappa shape index (κ3) is 3.42. The zero-order chi connectivity index (χ0) is 13.7. The molecular formula is C11H15N5O2S. The Morgan fingerprint density at radius 3 is 2.89 bits per heavy atom. The second-order valence-corrected chi connectivity index (χ2v) is 4.79. The molecule has 0 aliphatic carbocycles. The molecule has 2 heterocycles. The number of aromatic nitrogens is 4. The lowest BCUT2D eigenvalue weighted by molar-refractivity contribution is 0.353. The van der Waals surface area contributed by atoms with Crippen molar-refractivity contribution in [1.29, 1.82) is 0 Å². The lowest BCUT2D eigenvalue weighted by Crippen LogP contribution is -2.11. The Hall–Kier alpha value is -1.67. The molecule has 2 aromatic heterocycles. The van der Waals surface area contributed by atoms with E-state index in [4.69, 9.17) is 15.0 Å². The van der Waals surface area contributed by atoms with E-state index >= 15 is 0 Å². The summed E-state index contributed by atoms with van der Waals surface area (Å²) in [6.07, 6.45) is 2.82. The van der Waals surface area contributed by atoms with Crippen LogP contribution in [-0.4, -0.2) is 39.5 Å². The van der Waals surface area contributed by atoms with Gasteiger partial charge < -0.3 is 15.0 Å². The molecule has 0 saturated carbocycles. The van der Waals surface area contributed by atoms with Crippen molar-refractivity contribution in [3.05, 3.63) is 18.0 Å². The third-order valence-corrected chi connectivity index (χ3v) is 3.11. The molecule has 0 aliphatic rings. The Kier molecular flexibility index (Phi) is 4.69. The molecule has 0 radical (unpaired) electrons. The maximum atomic E-state index is 5.95. The minimum atomic E-state index is -0.250. The molecule has 0 aliphatic heterocycles. The van der Waals surface area contributed by atoms with Crippen LogP contribution in [0.2, 0.25) is 0 Å². The van der Waals surface area contributed by atoms with Gasteiger partial charge in [0.15, 0.2) is 0 Å². The average Bonchev–Trinajstić information content (AvgIpc) is 2.94. The molecule has 8 heteroatoms. The third-order valence-electron chi connectivity index (χ3n) is 2.47. The van der Waals surface area contributed by atoms with Gasteiger partial charge in [-0.3, -0.25) is 0 Å². The molecule has 7 nitrogen and oxygen atoms in total. The second-order valence-electron chi connectivity index (χ2n) is 3.81. The van der Waals surface area contributed by atoms with E-state index in [1.807, 2.05) is 6.26 Å². The van der Waals surface area contributed by atoms with E-state index in [2.05, 4.69) is 20.3 Å². The maximum Gasteiger partial charge on any atom is 0.243 e. The van der Waals surface area contributed by atoms with Gasteiger partial charge in [0.1, 0.15) is 5.69 Å². The summed E-state index contributed by atoms with van der Waals surface area (Å²) in [5, 5.41) is 11.7. The number of hydrogen-bond acceptors (Lipinski definition) is 8. The van der Waals surface area contributed by atoms with Crippen molar-refractivity contribution >= 4 is 11.8 Å². The highest BCUT2D eigenvalue weighted by Crippen LogP contribution is 2.19. The van der Waals surface area contributed by atoms with Crippen LogP contribution in [0.25, 0.3) is 11.5 Å². The summed E-state index contributed by atoms with van der Waals surface area (Å²) >= 11 is 1.73. The molecule has 2 rings (SSSR count). The minimum absolute atomic E-state index is 0.250. The predicted molar refractivity (Wildman–Crippen MR) is 71.8 cm³/mol. The topological polar surface area (TPSA) is 100.0 Å². The second kappa shape index (κ2) is 6.48. The maximum absolute atomic E-state index is 5.95. The van der Waals surface area contributed by atoms with E-state index in [1.165, 1.54) is 7.11 Å². The highest BCUT2D eigenvalue weighted by molar-refractivity contribution is 7.98. The zero-order valence-corrected chi connectivity index (χ0v) is 11.6. The van der Waals surface area contributed by atoms with Crippen molar-refractivity contribution in [2.45, 2.75) is 12.5 Å². The number of nitrogens with two attached hydrogens (primary N) is 1. The van der Waals surface area contributed by atoms with E-state index in [1.54, 1.807) is 23.9 Å². The van der Waals surface area contributed by atoms with Gasteiger partial charge in [0.05, 0.1) is 13.2 Å². The summed E-state index contributed by atoms with van der Waals surface area (Å²) in [6.45, 7) is 0. The van der Waals surface area contributed by atoms with Crippen LogP contribution in [0.4, 0.5) is 0 Å². The van der Waals surface area contributed by atoms with Gasteiger partial charge in [-0.1, -0.05) is 5.16 Å². The van der Waals surface area contributed by atoms with Crippen molar-refractivity contribution in [1.82, 2.24) is 20.3 Å². The smallest absolute Gasteiger partial charge is 0.243 e. The van der Waals surface area contributed by atoms with Crippen molar-refractivity contribution in [2.24, 2.45) is 5.73 Å². The highest BCUT2D eigenvalue weighted by Gasteiger charge is 2.16. The van der Waals surface area contributed by atoms with Gasteiger partial charge in [0, 0.05) is 6.07 Å². The Morgan fingerprint density at radius 1 is 1.42 bits per heavy atom. The minimum Gasteiger partial charge on any atom is -0.480 e. The number of nitrogens with zero attached hydrogens (tertiary/aromatic N) is 4. The van der Waals surface area contributed by atoms with Gasteiger partial charge in [0.2, 0.25) is 17.6 Å². The fraction of sp³-hybridized carbons (Fsp3) is 0.455. The first-order chi connectivity index (χ1) is 9.24. The number of thioether (sulfide) groups is 1. The van der Waals surface area contributed by atoms with Crippen molar-refractivity contribution in [3.8, 4) is 17.4 Å². The Morgan fingerprint density at radius 2 is 2.26 bits per heavy atom. The van der Waals surface area contributed by atoms with Gasteiger partial charge >= 0.3 is 0 Å². The predicted octanol–water partition coefficient (Wildman–Crippen LogP) is 1.29. The van der Waals surface area contributed by atoms with Crippen LogP contribution in [0.1, 0.15) is 18.4 Å². The Balaban J connectivity index is 2.11. The summed E-state index contributed by atoms with van der Waals surface area (Å²) < 4.78 is 10.1. The fourth-order valence-corrected chi connectivity index (χ4v) is 1.90. The van der Waals surface area contributed by atoms with Crippen LogP contribution in [0, 0.1) is 0 Å². The highest BCUT2D eigenvalue weighted by atomic mass is 32.2. The molecule has 0 fully saturated rings. The molecule has 0 unspecified atom stereocenters. The molecule has 1 atom stereocenters. The van der Waals surface area contributed by atoms with E-state index in [0.717, 1.165) is 12.2 Å². The summed E-state index contributed by atoms with van der Waals surface area (Å²) in [5.41, 5.74) is 6.47. The average molecular weight is 281 g/mol. The molecule has 0 saturated heterocycles. The van der Waals surface area contributed by atoms with Crippen LogP contribution in [0.15, 0.2) is 16.7 Å². The van der Waals surface area contributed by atoms with Crippen LogP contribution in [0.3, 0.4) is 0 Å². The molecule has 0 aromatic carbocycles. The SMILES string of the molecule is COc1ccc(-c2noc([C@H](N)CCSC)n2)nn1. The van der Waals surface area contributed by atoms with Gasteiger partial charge in [0.25, 0.3) is 0 Å². The van der Waals surface area contributed by atoms with Gasteiger partial charge in [-0.25, -0.2) is 0 Å². The van der Waals surface area contributed by atoms with Crippen molar-refractivity contribution in [2.75, 3.05) is 19.1 Å². The molecule has 19 heavy (non-hydrogen) atoms. The number of rotatable bonds is 6. The quantitative estimate of drug-likeness (QED) is 0.845. The molecule has 2 aromatic rings. The van der Waals surface area contributed by atoms with Gasteiger partial charge in [-0.15, -0.1) is 10.2 Å². The van der Waals surface area contributed by atoms with Crippen LogP contribution in [0.5, 0.6) is 5.88 Å². The standard InChI is InChI=1S/C11H15N5O2S/c1-17-9-4-3-8(14-15-9)10-13-11(18-16-10)7(12)5-6-19-2/h3-4,7H,5-6,12H2,1-2H3/t7-/m1/s1. The lowest BCUT2D eigenvalue weighted by atomic mass is 10.2. The lowest BCUT2D eigenvalue weighted by Gasteiger charge is -2.03. The molecule has 2 N–H and O–H groups in total. The van der Waals surface area contributed by atoms with Crippen LogP contribution in [-0.2, 0) is 0 Å². The first kappa shape index (κ1) is 13.8. The van der Waals surface area contributed by atoms with E-state index in [-0.39, 0.29) is 6.04 Å². The Labute approximate surface area is 114 Å². The van der Waals surface area contributed by atoms with Gasteiger partial charge in [-0.05, 0) is 24.5 Å². The van der Waals surface area contributed by atoms with Gasteiger partial charge in [-0.2, -0.15) is 16.7 Å². The Bertz CT molecular complexity index is 516. The van der Waals surface area contributed by atoms with Crippen molar-refractivity contribution < 1.29 is 9.26 Å². The van der Waals surface area contributed by atoms with Crippen molar-refractivity contribution in [3.63, 3.8) is 0 Å². The summed E-state index contributed by atoms with van der Waals surface area (Å²) in [4.78, 5) is 4.23. The first-order valence-corrected chi connectivity index (χ1v) is 7.10. The zero-order valence-electron chi connectivity index (χ0n) is 10.7. The molecule has 102 valence electrons.